The third-order valence-electron chi connectivity index (χ3n) is 8.65. The highest BCUT2D eigenvalue weighted by Gasteiger charge is 2.36. The van der Waals surface area contributed by atoms with Crippen molar-refractivity contribution < 1.29 is 18.0 Å². The molecule has 0 saturated heterocycles. The summed E-state index contributed by atoms with van der Waals surface area (Å²) in [6, 6.07) is 8.00. The Morgan fingerprint density at radius 3 is 2.59 bits per heavy atom. The summed E-state index contributed by atoms with van der Waals surface area (Å²) in [5, 5.41) is 8.12. The number of fused-ring (bicyclic) bond motifs is 1. The Kier molecular flexibility index (Phi) is 7.51. The van der Waals surface area contributed by atoms with Gasteiger partial charge in [0, 0.05) is 40.2 Å². The van der Waals surface area contributed by atoms with Crippen LogP contribution in [0.5, 0.6) is 0 Å². The van der Waals surface area contributed by atoms with Crippen LogP contribution in [0.3, 0.4) is 0 Å². The van der Waals surface area contributed by atoms with Crippen molar-refractivity contribution in [2.45, 2.75) is 95.8 Å². The fraction of sp³-hybridized carbons (Fsp3) is 0.600. The molecule has 200 valence electrons. The number of aryl methyl sites for hydroxylation is 1. The van der Waals surface area contributed by atoms with E-state index in [1.54, 1.807) is 12.1 Å². The largest absolute Gasteiger partial charge is 0.417 e. The van der Waals surface area contributed by atoms with Crippen molar-refractivity contribution in [3.8, 4) is 0 Å². The van der Waals surface area contributed by atoms with Gasteiger partial charge in [-0.1, -0.05) is 38.5 Å². The van der Waals surface area contributed by atoms with Gasteiger partial charge in [0.2, 0.25) is 5.91 Å². The van der Waals surface area contributed by atoms with Crippen LogP contribution in [-0.4, -0.2) is 29.2 Å². The van der Waals surface area contributed by atoms with E-state index in [2.05, 4.69) is 29.1 Å². The highest BCUT2D eigenvalue weighted by atomic mass is 19.4. The summed E-state index contributed by atoms with van der Waals surface area (Å²) in [4.78, 5) is 16.6. The van der Waals surface area contributed by atoms with Crippen LogP contribution in [0.15, 0.2) is 30.8 Å². The second-order valence-corrected chi connectivity index (χ2v) is 11.5. The molecule has 7 heteroatoms. The number of nitrogens with zero attached hydrogens (tertiary/aromatic N) is 1. The van der Waals surface area contributed by atoms with Crippen LogP contribution in [0.25, 0.3) is 16.3 Å². The van der Waals surface area contributed by atoms with Crippen LogP contribution in [-0.2, 0) is 11.2 Å². The van der Waals surface area contributed by atoms with E-state index in [-0.39, 0.29) is 23.6 Å². The molecule has 3 aliphatic carbocycles. The van der Waals surface area contributed by atoms with Gasteiger partial charge < -0.3 is 10.6 Å². The van der Waals surface area contributed by atoms with Crippen LogP contribution >= 0.6 is 0 Å². The maximum absolute atomic E-state index is 13.8. The standard InChI is InChI=1S/C30H38F3N3O/c1-18-6-3-4-8-26(18)36-27-9-5-7-24-25(27)17-23(34-28(24)19(2)30(31,32)33)15-11-20-10-14-22(16-20)35-29(37)21-12-13-21/h5,7,9,17-18,20-22,26,36H,2-4,6,8,10-16H2,1H3,(H,35,37)/t18-,20?,22-,26+/m0/s1. The Morgan fingerprint density at radius 1 is 1.08 bits per heavy atom. The van der Waals surface area contributed by atoms with Crippen LogP contribution in [0.4, 0.5) is 18.9 Å². The Morgan fingerprint density at radius 2 is 1.86 bits per heavy atom. The predicted molar refractivity (Wildman–Crippen MR) is 142 cm³/mol. The molecule has 4 atom stereocenters. The minimum absolute atomic E-state index is 0.0682. The van der Waals surface area contributed by atoms with Gasteiger partial charge in [-0.15, -0.1) is 0 Å². The molecule has 5 rings (SSSR count). The lowest BCUT2D eigenvalue weighted by molar-refractivity contribution is -0.123. The molecule has 0 spiro atoms. The molecule has 0 bridgehead atoms. The van der Waals surface area contributed by atoms with Crippen molar-refractivity contribution in [2.75, 3.05) is 5.32 Å². The molecule has 1 aromatic heterocycles. The highest BCUT2D eigenvalue weighted by molar-refractivity contribution is 6.00. The number of nitrogens with one attached hydrogen (secondary N) is 2. The first-order valence-corrected chi connectivity index (χ1v) is 13.9. The second kappa shape index (κ2) is 10.7. The summed E-state index contributed by atoms with van der Waals surface area (Å²) in [7, 11) is 0. The first-order valence-electron chi connectivity index (χ1n) is 13.9. The third kappa shape index (κ3) is 6.12. The van der Waals surface area contributed by atoms with Crippen molar-refractivity contribution >= 4 is 27.9 Å². The van der Waals surface area contributed by atoms with Gasteiger partial charge in [0.05, 0.1) is 11.3 Å². The average molecular weight is 514 g/mol. The average Bonchev–Trinajstić information content (AvgIpc) is 3.63. The summed E-state index contributed by atoms with van der Waals surface area (Å²) >= 11 is 0. The van der Waals surface area contributed by atoms with Gasteiger partial charge in [-0.25, -0.2) is 0 Å². The number of benzene rings is 1. The Hall–Kier alpha value is -2.57. The first-order chi connectivity index (χ1) is 17.7. The molecule has 3 saturated carbocycles. The number of hydrogen-bond donors (Lipinski definition) is 2. The van der Waals surface area contributed by atoms with Crippen molar-refractivity contribution in [1.29, 1.82) is 0 Å². The quantitative estimate of drug-likeness (QED) is 0.386. The number of anilines is 1. The van der Waals surface area contributed by atoms with E-state index >= 15 is 0 Å². The fourth-order valence-corrected chi connectivity index (χ4v) is 6.16. The summed E-state index contributed by atoms with van der Waals surface area (Å²) in [6.45, 7) is 5.63. The zero-order chi connectivity index (χ0) is 26.2. The van der Waals surface area contributed by atoms with Crippen molar-refractivity contribution in [1.82, 2.24) is 10.3 Å². The minimum Gasteiger partial charge on any atom is -0.382 e. The summed E-state index contributed by atoms with van der Waals surface area (Å²) in [6.07, 6.45) is 6.46. The van der Waals surface area contributed by atoms with E-state index in [4.69, 9.17) is 0 Å². The Labute approximate surface area is 217 Å². The van der Waals surface area contributed by atoms with E-state index < -0.39 is 11.7 Å². The normalized spacial score (nSPS) is 26.3. The lowest BCUT2D eigenvalue weighted by atomic mass is 9.85. The van der Waals surface area contributed by atoms with E-state index in [0.717, 1.165) is 62.4 Å². The van der Waals surface area contributed by atoms with Gasteiger partial charge in [-0.3, -0.25) is 9.78 Å². The van der Waals surface area contributed by atoms with Gasteiger partial charge in [-0.05, 0) is 81.8 Å². The van der Waals surface area contributed by atoms with Crippen LogP contribution in [0.1, 0.15) is 82.5 Å². The zero-order valence-electron chi connectivity index (χ0n) is 21.7. The Bertz CT molecular complexity index is 1160. The van der Waals surface area contributed by atoms with Crippen LogP contribution in [0, 0.1) is 17.8 Å². The Balaban J connectivity index is 1.37. The zero-order valence-corrected chi connectivity index (χ0v) is 21.7. The summed E-state index contributed by atoms with van der Waals surface area (Å²) < 4.78 is 41.3. The first kappa shape index (κ1) is 26.1. The van der Waals surface area contributed by atoms with Crippen molar-refractivity contribution in [2.24, 2.45) is 17.8 Å². The molecule has 3 fully saturated rings. The lowest BCUT2D eigenvalue weighted by Gasteiger charge is -2.31. The third-order valence-corrected chi connectivity index (χ3v) is 8.65. The molecule has 0 aliphatic heterocycles. The van der Waals surface area contributed by atoms with E-state index in [1.807, 2.05) is 12.1 Å². The van der Waals surface area contributed by atoms with Gasteiger partial charge in [0.1, 0.15) is 0 Å². The van der Waals surface area contributed by atoms with Crippen molar-refractivity contribution in [3.63, 3.8) is 0 Å². The monoisotopic (exact) mass is 513 g/mol. The number of amides is 1. The molecular formula is C30H38F3N3O. The molecule has 2 N–H and O–H groups in total. The number of aromatic nitrogens is 1. The molecule has 0 radical (unpaired) electrons. The maximum Gasteiger partial charge on any atom is 0.417 e. The maximum atomic E-state index is 13.8. The van der Waals surface area contributed by atoms with Gasteiger partial charge in [0.25, 0.3) is 0 Å². The molecule has 1 heterocycles. The van der Waals surface area contributed by atoms with Crippen LogP contribution in [0.2, 0.25) is 0 Å². The molecule has 4 nitrogen and oxygen atoms in total. The van der Waals surface area contributed by atoms with E-state index in [0.29, 0.717) is 35.4 Å². The lowest BCUT2D eigenvalue weighted by Crippen LogP contribution is -2.34. The van der Waals surface area contributed by atoms with E-state index in [1.165, 1.54) is 12.8 Å². The predicted octanol–water partition coefficient (Wildman–Crippen LogP) is 7.43. The number of hydrogen-bond acceptors (Lipinski definition) is 3. The molecule has 1 amide bonds. The highest BCUT2D eigenvalue weighted by Crippen LogP contribution is 2.39. The van der Waals surface area contributed by atoms with Gasteiger partial charge in [0.15, 0.2) is 0 Å². The summed E-state index contributed by atoms with van der Waals surface area (Å²) in [5.41, 5.74) is 0.580. The van der Waals surface area contributed by atoms with Gasteiger partial charge in [-0.2, -0.15) is 13.2 Å². The number of alkyl halides is 3. The van der Waals surface area contributed by atoms with E-state index in [9.17, 15) is 18.0 Å². The van der Waals surface area contributed by atoms with Gasteiger partial charge >= 0.3 is 6.18 Å². The second-order valence-electron chi connectivity index (χ2n) is 11.5. The molecule has 2 aromatic rings. The van der Waals surface area contributed by atoms with Crippen molar-refractivity contribution in [3.05, 3.63) is 42.2 Å². The molecule has 1 unspecified atom stereocenters. The molecule has 37 heavy (non-hydrogen) atoms. The number of allylic oxidation sites excluding steroid dienone is 1. The number of pyridine rings is 1. The molecule has 3 aliphatic rings. The topological polar surface area (TPSA) is 54.0 Å². The molecular weight excluding hydrogens is 475 g/mol. The van der Waals surface area contributed by atoms with Crippen LogP contribution < -0.4 is 10.6 Å². The number of halogens is 3. The summed E-state index contributed by atoms with van der Waals surface area (Å²) in [5.74, 6) is 1.35. The number of carbonyl (C=O) groups is 1. The smallest absolute Gasteiger partial charge is 0.382 e. The number of carbonyl (C=O) groups excluding carboxylic acids is 1. The minimum atomic E-state index is -4.54. The SMILES string of the molecule is C=C(c1nc(CCC2CC[C@H](NC(=O)C3CC3)C2)cc2c(N[C@@H]3CCCC[C@@H]3C)cccc12)C(F)(F)F. The number of rotatable bonds is 8. The molecule has 1 aromatic carbocycles. The fourth-order valence-electron chi connectivity index (χ4n) is 6.16.